The second kappa shape index (κ2) is 8.96. The van der Waals surface area contributed by atoms with E-state index in [0.717, 1.165) is 50.1 Å². The van der Waals surface area contributed by atoms with Gasteiger partial charge in [-0.2, -0.15) is 0 Å². The molecule has 118 valence electrons. The van der Waals surface area contributed by atoms with Crippen LogP contribution in [0, 0.1) is 0 Å². The third-order valence-corrected chi connectivity index (χ3v) is 3.21. The third-order valence-electron chi connectivity index (χ3n) is 3.21. The molecule has 1 heterocycles. The highest BCUT2D eigenvalue weighted by Gasteiger charge is 2.09. The minimum absolute atomic E-state index is 0.537. The van der Waals surface area contributed by atoms with Crippen molar-refractivity contribution in [1.29, 1.82) is 0 Å². The van der Waals surface area contributed by atoms with Gasteiger partial charge in [-0.25, -0.2) is 4.79 Å². The number of morpholine rings is 1. The lowest BCUT2D eigenvalue weighted by molar-refractivity contribution is -0.131. The smallest absolute Gasteiger partial charge is 0.328 e. The first-order valence-corrected chi connectivity index (χ1v) is 7.20. The molecule has 0 bridgehead atoms. The number of oxime groups is 1. The molecule has 2 rings (SSSR count). The van der Waals surface area contributed by atoms with Crippen molar-refractivity contribution in [3.05, 3.63) is 41.5 Å². The molecule has 0 atom stereocenters. The number of hydrogen-bond donors (Lipinski definition) is 1. The maximum absolute atomic E-state index is 10.5. The van der Waals surface area contributed by atoms with Gasteiger partial charge in [0.15, 0.2) is 0 Å². The molecular formula is C16H20N2O4. The quantitative estimate of drug-likeness (QED) is 0.357. The summed E-state index contributed by atoms with van der Waals surface area (Å²) in [5.74, 6) is -0.967. The van der Waals surface area contributed by atoms with E-state index < -0.39 is 5.97 Å². The minimum atomic E-state index is -0.967. The highest BCUT2D eigenvalue weighted by molar-refractivity contribution is 5.86. The first kappa shape index (κ1) is 16.2. The largest absolute Gasteiger partial charge is 0.478 e. The predicted molar refractivity (Wildman–Crippen MR) is 83.9 cm³/mol. The number of hydrogen-bond acceptors (Lipinski definition) is 5. The van der Waals surface area contributed by atoms with E-state index >= 15 is 0 Å². The average Bonchev–Trinajstić information content (AvgIpc) is 2.54. The van der Waals surface area contributed by atoms with Crippen LogP contribution < -0.4 is 0 Å². The van der Waals surface area contributed by atoms with Gasteiger partial charge in [-0.15, -0.1) is 0 Å². The van der Waals surface area contributed by atoms with Gasteiger partial charge < -0.3 is 14.7 Å². The number of benzene rings is 1. The van der Waals surface area contributed by atoms with E-state index in [4.69, 9.17) is 14.7 Å². The number of aliphatic carboxylic acids is 1. The van der Waals surface area contributed by atoms with Gasteiger partial charge in [0.2, 0.25) is 0 Å². The van der Waals surface area contributed by atoms with Gasteiger partial charge in [-0.3, -0.25) is 4.90 Å². The molecular weight excluding hydrogens is 284 g/mol. The molecule has 0 spiro atoms. The second-order valence-corrected chi connectivity index (χ2v) is 4.86. The van der Waals surface area contributed by atoms with Gasteiger partial charge in [0.25, 0.3) is 0 Å². The van der Waals surface area contributed by atoms with Crippen molar-refractivity contribution < 1.29 is 19.5 Å². The van der Waals surface area contributed by atoms with Crippen molar-refractivity contribution in [2.24, 2.45) is 5.16 Å². The monoisotopic (exact) mass is 304 g/mol. The molecule has 1 fully saturated rings. The summed E-state index contributed by atoms with van der Waals surface area (Å²) >= 11 is 0. The SMILES string of the molecule is O=C(O)/C=C/c1cccc(/C=N/OCCN2CCOCC2)c1. The molecule has 1 aromatic carbocycles. The van der Waals surface area contributed by atoms with Gasteiger partial charge in [0, 0.05) is 25.7 Å². The van der Waals surface area contributed by atoms with Crippen LogP contribution in [-0.4, -0.2) is 61.6 Å². The Hall–Kier alpha value is -2.18. The summed E-state index contributed by atoms with van der Waals surface area (Å²) in [5.41, 5.74) is 1.67. The number of carboxylic acid groups (broad SMARTS) is 1. The summed E-state index contributed by atoms with van der Waals surface area (Å²) in [4.78, 5) is 18.0. The number of ether oxygens (including phenoxy) is 1. The van der Waals surface area contributed by atoms with E-state index in [0.29, 0.717) is 6.61 Å². The van der Waals surface area contributed by atoms with Crippen molar-refractivity contribution >= 4 is 18.3 Å². The molecule has 6 nitrogen and oxygen atoms in total. The van der Waals surface area contributed by atoms with E-state index in [1.54, 1.807) is 12.3 Å². The first-order chi connectivity index (χ1) is 10.7. The first-order valence-electron chi connectivity index (χ1n) is 7.20. The zero-order valence-electron chi connectivity index (χ0n) is 12.4. The fraction of sp³-hybridized carbons (Fsp3) is 0.375. The van der Waals surface area contributed by atoms with Crippen molar-refractivity contribution in [2.45, 2.75) is 0 Å². The standard InChI is InChI=1S/C16H20N2O4/c19-16(20)5-4-14-2-1-3-15(12-14)13-17-22-11-8-18-6-9-21-10-7-18/h1-5,12-13H,6-11H2,(H,19,20)/b5-4+,17-13+. The van der Waals surface area contributed by atoms with Gasteiger partial charge in [-0.05, 0) is 23.3 Å². The Morgan fingerprint density at radius 2 is 2.14 bits per heavy atom. The molecule has 1 aliphatic heterocycles. The molecule has 1 N–H and O–H groups in total. The van der Waals surface area contributed by atoms with Crippen LogP contribution in [0.25, 0.3) is 6.08 Å². The van der Waals surface area contributed by atoms with E-state index in [1.165, 1.54) is 0 Å². The summed E-state index contributed by atoms with van der Waals surface area (Å²) in [7, 11) is 0. The molecule has 0 aromatic heterocycles. The maximum atomic E-state index is 10.5. The fourth-order valence-electron chi connectivity index (χ4n) is 2.06. The summed E-state index contributed by atoms with van der Waals surface area (Å²) < 4.78 is 5.28. The Morgan fingerprint density at radius 3 is 2.91 bits per heavy atom. The zero-order valence-corrected chi connectivity index (χ0v) is 12.4. The Bertz CT molecular complexity index is 537. The van der Waals surface area contributed by atoms with Crippen LogP contribution in [0.4, 0.5) is 0 Å². The molecule has 1 aromatic rings. The predicted octanol–water partition coefficient (Wildman–Crippen LogP) is 1.47. The van der Waals surface area contributed by atoms with Crippen molar-refractivity contribution in [1.82, 2.24) is 4.90 Å². The molecule has 0 aliphatic carbocycles. The lowest BCUT2D eigenvalue weighted by Crippen LogP contribution is -2.38. The third kappa shape index (κ3) is 6.07. The molecule has 1 saturated heterocycles. The van der Waals surface area contributed by atoms with Crippen LogP contribution in [0.5, 0.6) is 0 Å². The Balaban J connectivity index is 1.75. The lowest BCUT2D eigenvalue weighted by Gasteiger charge is -2.25. The Morgan fingerprint density at radius 1 is 1.36 bits per heavy atom. The van der Waals surface area contributed by atoms with Crippen LogP contribution >= 0.6 is 0 Å². The topological polar surface area (TPSA) is 71.4 Å². The number of rotatable bonds is 7. The summed E-state index contributed by atoms with van der Waals surface area (Å²) in [5, 5.41) is 12.5. The van der Waals surface area contributed by atoms with E-state index in [9.17, 15) is 4.79 Å². The molecule has 22 heavy (non-hydrogen) atoms. The fourth-order valence-corrected chi connectivity index (χ4v) is 2.06. The van der Waals surface area contributed by atoms with E-state index in [-0.39, 0.29) is 0 Å². The van der Waals surface area contributed by atoms with Crippen LogP contribution in [0.3, 0.4) is 0 Å². The Labute approximate surface area is 129 Å². The summed E-state index contributed by atoms with van der Waals surface area (Å²) in [6.45, 7) is 4.80. The van der Waals surface area contributed by atoms with Crippen LogP contribution in [0.2, 0.25) is 0 Å². The molecule has 0 saturated carbocycles. The summed E-state index contributed by atoms with van der Waals surface area (Å²) in [6.07, 6.45) is 4.27. The van der Waals surface area contributed by atoms with Crippen LogP contribution in [-0.2, 0) is 14.4 Å². The molecule has 6 heteroatoms. The van der Waals surface area contributed by atoms with Crippen molar-refractivity contribution in [2.75, 3.05) is 39.5 Å². The van der Waals surface area contributed by atoms with E-state index in [1.807, 2.05) is 24.3 Å². The van der Waals surface area contributed by atoms with E-state index in [2.05, 4.69) is 10.1 Å². The zero-order chi connectivity index (χ0) is 15.6. The molecule has 0 radical (unpaired) electrons. The average molecular weight is 304 g/mol. The summed E-state index contributed by atoms with van der Waals surface area (Å²) in [6, 6.07) is 7.40. The molecule has 0 amide bonds. The van der Waals surface area contributed by atoms with Gasteiger partial charge >= 0.3 is 5.97 Å². The maximum Gasteiger partial charge on any atom is 0.328 e. The van der Waals surface area contributed by atoms with Gasteiger partial charge in [-0.1, -0.05) is 23.4 Å². The number of carboxylic acids is 1. The van der Waals surface area contributed by atoms with Gasteiger partial charge in [0.1, 0.15) is 6.61 Å². The molecule has 0 unspecified atom stereocenters. The normalized spacial score (nSPS) is 16.4. The second-order valence-electron chi connectivity index (χ2n) is 4.86. The lowest BCUT2D eigenvalue weighted by atomic mass is 10.1. The van der Waals surface area contributed by atoms with Crippen LogP contribution in [0.15, 0.2) is 35.5 Å². The van der Waals surface area contributed by atoms with Crippen molar-refractivity contribution in [3.63, 3.8) is 0 Å². The number of carbonyl (C=O) groups is 1. The highest BCUT2D eigenvalue weighted by atomic mass is 16.6. The highest BCUT2D eigenvalue weighted by Crippen LogP contribution is 2.05. The number of nitrogens with zero attached hydrogens (tertiary/aromatic N) is 2. The Kier molecular flexibility index (Phi) is 6.60. The minimum Gasteiger partial charge on any atom is -0.478 e. The molecule has 1 aliphatic rings. The van der Waals surface area contributed by atoms with Crippen LogP contribution in [0.1, 0.15) is 11.1 Å². The van der Waals surface area contributed by atoms with Gasteiger partial charge in [0.05, 0.1) is 19.4 Å². The van der Waals surface area contributed by atoms with Crippen molar-refractivity contribution in [3.8, 4) is 0 Å².